The summed E-state index contributed by atoms with van der Waals surface area (Å²) in [5.41, 5.74) is 0. The predicted octanol–water partition coefficient (Wildman–Crippen LogP) is 3.35. The fourth-order valence-corrected chi connectivity index (χ4v) is 2.56. The van der Waals surface area contributed by atoms with E-state index in [4.69, 9.17) is 4.74 Å². The Labute approximate surface area is 89.9 Å². The molecular weight excluding hydrogens is 192 g/mol. The first-order valence-electron chi connectivity index (χ1n) is 5.23. The molecule has 1 aromatic rings. The zero-order valence-electron chi connectivity index (χ0n) is 8.48. The topological polar surface area (TPSA) is 12.5 Å². The summed E-state index contributed by atoms with van der Waals surface area (Å²) >= 11 is 1.90. The third-order valence-electron chi connectivity index (χ3n) is 2.42. The molecule has 14 heavy (non-hydrogen) atoms. The Bertz CT molecular complexity index is 273. The number of hydrogen-bond donors (Lipinski definition) is 0. The van der Waals surface area contributed by atoms with E-state index < -0.39 is 0 Å². The average Bonchev–Trinajstić information content (AvgIpc) is 2.96. The van der Waals surface area contributed by atoms with Gasteiger partial charge in [0.25, 0.3) is 0 Å². The zero-order valence-corrected chi connectivity index (χ0v) is 9.30. The van der Waals surface area contributed by atoms with Gasteiger partial charge in [-0.15, -0.1) is 11.8 Å². The maximum absolute atomic E-state index is 5.56. The molecule has 1 aromatic carbocycles. The van der Waals surface area contributed by atoms with Gasteiger partial charge in [0, 0.05) is 10.6 Å². The molecule has 0 saturated carbocycles. The first-order valence-corrected chi connectivity index (χ1v) is 6.22. The molecule has 1 saturated heterocycles. The molecule has 1 aliphatic heterocycles. The second kappa shape index (κ2) is 4.85. The number of benzene rings is 1. The fraction of sp³-hybridized carbons (Fsp3) is 0.500. The molecule has 1 nitrogen and oxygen atoms in total. The van der Waals surface area contributed by atoms with Gasteiger partial charge in [-0.05, 0) is 18.6 Å². The molecule has 0 aromatic heterocycles. The van der Waals surface area contributed by atoms with Crippen LogP contribution < -0.4 is 0 Å². The number of rotatable bonds is 5. The molecule has 0 bridgehead atoms. The third-order valence-corrected chi connectivity index (χ3v) is 3.52. The second-order valence-electron chi connectivity index (χ2n) is 3.63. The second-order valence-corrected chi connectivity index (χ2v) is 4.72. The van der Waals surface area contributed by atoms with Gasteiger partial charge in [-0.3, -0.25) is 0 Å². The summed E-state index contributed by atoms with van der Waals surface area (Å²) in [6.45, 7) is 2.21. The van der Waals surface area contributed by atoms with Crippen molar-refractivity contribution < 1.29 is 4.74 Å². The van der Waals surface area contributed by atoms with Crippen LogP contribution in [0, 0.1) is 0 Å². The normalized spacial score (nSPS) is 24.9. The quantitative estimate of drug-likeness (QED) is 0.543. The average molecular weight is 208 g/mol. The van der Waals surface area contributed by atoms with Crippen molar-refractivity contribution >= 4 is 11.8 Å². The Balaban J connectivity index is 1.70. The summed E-state index contributed by atoms with van der Waals surface area (Å²) in [7, 11) is 0. The highest BCUT2D eigenvalue weighted by Gasteiger charge is 2.37. The van der Waals surface area contributed by atoms with E-state index in [2.05, 4.69) is 37.3 Å². The van der Waals surface area contributed by atoms with E-state index in [1.807, 2.05) is 11.8 Å². The molecule has 1 heterocycles. The van der Waals surface area contributed by atoms with Crippen molar-refractivity contribution in [2.45, 2.75) is 36.9 Å². The molecule has 1 fully saturated rings. The molecule has 2 rings (SSSR count). The van der Waals surface area contributed by atoms with Gasteiger partial charge in [-0.25, -0.2) is 0 Å². The summed E-state index contributed by atoms with van der Waals surface area (Å²) in [5.74, 6) is 1.11. The van der Waals surface area contributed by atoms with E-state index >= 15 is 0 Å². The van der Waals surface area contributed by atoms with Crippen LogP contribution in [0.5, 0.6) is 0 Å². The van der Waals surface area contributed by atoms with Crippen molar-refractivity contribution in [1.82, 2.24) is 0 Å². The molecule has 0 amide bonds. The van der Waals surface area contributed by atoms with Crippen molar-refractivity contribution in [3.63, 3.8) is 0 Å². The summed E-state index contributed by atoms with van der Waals surface area (Å²) in [6.07, 6.45) is 3.52. The predicted molar refractivity (Wildman–Crippen MR) is 60.7 cm³/mol. The van der Waals surface area contributed by atoms with E-state index in [1.165, 1.54) is 17.7 Å². The molecule has 2 atom stereocenters. The van der Waals surface area contributed by atoms with Crippen molar-refractivity contribution in [2.24, 2.45) is 0 Å². The monoisotopic (exact) mass is 208 g/mol. The lowest BCUT2D eigenvalue weighted by molar-refractivity contribution is 0.371. The Morgan fingerprint density at radius 3 is 2.71 bits per heavy atom. The van der Waals surface area contributed by atoms with E-state index in [0.29, 0.717) is 12.2 Å². The molecule has 1 aliphatic rings. The molecule has 0 N–H and O–H groups in total. The van der Waals surface area contributed by atoms with Crippen LogP contribution in [0.2, 0.25) is 0 Å². The Morgan fingerprint density at radius 2 is 2.00 bits per heavy atom. The van der Waals surface area contributed by atoms with Gasteiger partial charge < -0.3 is 4.74 Å². The minimum atomic E-state index is 0.514. The van der Waals surface area contributed by atoms with Crippen LogP contribution in [-0.4, -0.2) is 18.0 Å². The molecule has 0 spiro atoms. The first-order chi connectivity index (χ1) is 6.90. The van der Waals surface area contributed by atoms with Crippen molar-refractivity contribution in [3.8, 4) is 0 Å². The molecule has 0 radical (unpaired) electrons. The standard InChI is InChI=1S/C12H16OS/c1-2-6-11-12(13-11)9-14-10-7-4-3-5-8-10/h3-5,7-8,11-12H,2,6,9H2,1H3/t11-,12-/m0/s1. The highest BCUT2D eigenvalue weighted by Crippen LogP contribution is 2.31. The summed E-state index contributed by atoms with van der Waals surface area (Å²) in [6, 6.07) is 10.5. The van der Waals surface area contributed by atoms with E-state index in [0.717, 1.165) is 5.75 Å². The van der Waals surface area contributed by atoms with Crippen LogP contribution in [-0.2, 0) is 4.74 Å². The lowest BCUT2D eigenvalue weighted by Crippen LogP contribution is -1.96. The summed E-state index contributed by atoms with van der Waals surface area (Å²) < 4.78 is 5.56. The maximum Gasteiger partial charge on any atom is 0.0935 e. The summed E-state index contributed by atoms with van der Waals surface area (Å²) in [4.78, 5) is 1.35. The van der Waals surface area contributed by atoms with E-state index in [-0.39, 0.29) is 0 Å². The minimum Gasteiger partial charge on any atom is -0.369 e. The smallest absolute Gasteiger partial charge is 0.0935 e. The van der Waals surface area contributed by atoms with Crippen LogP contribution in [0.15, 0.2) is 35.2 Å². The third kappa shape index (κ3) is 2.76. The van der Waals surface area contributed by atoms with Gasteiger partial charge in [0.2, 0.25) is 0 Å². The Kier molecular flexibility index (Phi) is 3.49. The van der Waals surface area contributed by atoms with Gasteiger partial charge in [0.15, 0.2) is 0 Å². The van der Waals surface area contributed by atoms with Crippen LogP contribution in [0.4, 0.5) is 0 Å². The zero-order chi connectivity index (χ0) is 9.80. The fourth-order valence-electron chi connectivity index (χ4n) is 1.56. The molecule has 2 heteroatoms. The highest BCUT2D eigenvalue weighted by atomic mass is 32.2. The number of hydrogen-bond acceptors (Lipinski definition) is 2. The molecule has 0 unspecified atom stereocenters. The number of ether oxygens (including phenoxy) is 1. The van der Waals surface area contributed by atoms with Gasteiger partial charge in [-0.1, -0.05) is 31.5 Å². The maximum atomic E-state index is 5.56. The van der Waals surface area contributed by atoms with Gasteiger partial charge in [0.05, 0.1) is 12.2 Å². The van der Waals surface area contributed by atoms with Crippen LogP contribution >= 0.6 is 11.8 Å². The van der Waals surface area contributed by atoms with Crippen LogP contribution in [0.3, 0.4) is 0 Å². The van der Waals surface area contributed by atoms with E-state index in [9.17, 15) is 0 Å². The van der Waals surface area contributed by atoms with Crippen molar-refractivity contribution in [3.05, 3.63) is 30.3 Å². The SMILES string of the molecule is CCC[C@@H]1O[C@H]1CSc1ccccc1. The molecule has 76 valence electrons. The molecular formula is C12H16OS. The lowest BCUT2D eigenvalue weighted by Gasteiger charge is -1.97. The minimum absolute atomic E-state index is 0.514. The largest absolute Gasteiger partial charge is 0.369 e. The number of epoxide rings is 1. The van der Waals surface area contributed by atoms with E-state index in [1.54, 1.807) is 0 Å². The Hall–Kier alpha value is -0.470. The van der Waals surface area contributed by atoms with Crippen LogP contribution in [0.25, 0.3) is 0 Å². The van der Waals surface area contributed by atoms with Crippen molar-refractivity contribution in [1.29, 1.82) is 0 Å². The van der Waals surface area contributed by atoms with Gasteiger partial charge in [-0.2, -0.15) is 0 Å². The van der Waals surface area contributed by atoms with Gasteiger partial charge in [0.1, 0.15) is 0 Å². The molecule has 0 aliphatic carbocycles. The summed E-state index contributed by atoms with van der Waals surface area (Å²) in [5, 5.41) is 0. The first kappa shape index (κ1) is 10.1. The van der Waals surface area contributed by atoms with Crippen LogP contribution in [0.1, 0.15) is 19.8 Å². The highest BCUT2D eigenvalue weighted by molar-refractivity contribution is 7.99. The Morgan fingerprint density at radius 1 is 1.21 bits per heavy atom. The lowest BCUT2D eigenvalue weighted by atomic mass is 10.2. The van der Waals surface area contributed by atoms with Crippen molar-refractivity contribution in [2.75, 3.05) is 5.75 Å². The van der Waals surface area contributed by atoms with Gasteiger partial charge >= 0.3 is 0 Å². The number of thioether (sulfide) groups is 1.